The van der Waals surface area contributed by atoms with E-state index in [0.29, 0.717) is 5.41 Å². The molecule has 0 radical (unpaired) electrons. The molecule has 1 heterocycles. The predicted molar refractivity (Wildman–Crippen MR) is 113 cm³/mol. The molecule has 5 nitrogen and oxygen atoms in total. The smallest absolute Gasteiger partial charge is 0.191 e. The summed E-state index contributed by atoms with van der Waals surface area (Å²) in [6.07, 6.45) is 9.51. The third-order valence-corrected chi connectivity index (χ3v) is 6.73. The fourth-order valence-corrected chi connectivity index (χ4v) is 4.79. The van der Waals surface area contributed by atoms with Gasteiger partial charge in [0.05, 0.1) is 6.04 Å². The molecular weight excluding hydrogens is 350 g/mol. The molecular formula is C23H35N3O2. The largest absolute Gasteiger partial charge is 0.487 e. The van der Waals surface area contributed by atoms with E-state index in [2.05, 4.69) is 41.8 Å². The van der Waals surface area contributed by atoms with Gasteiger partial charge in [0.15, 0.2) is 5.96 Å². The van der Waals surface area contributed by atoms with Gasteiger partial charge in [-0.05, 0) is 63.4 Å². The minimum atomic E-state index is -0.000472. The Kier molecular flexibility index (Phi) is 5.81. The maximum Gasteiger partial charge on any atom is 0.191 e. The molecule has 0 amide bonds. The highest BCUT2D eigenvalue weighted by Gasteiger charge is 2.44. The highest BCUT2D eigenvalue weighted by Crippen LogP contribution is 2.49. The van der Waals surface area contributed by atoms with Crippen LogP contribution in [0.1, 0.15) is 69.9 Å². The zero-order valence-corrected chi connectivity index (χ0v) is 17.4. The minimum Gasteiger partial charge on any atom is -0.487 e. The standard InChI is InChI=1S/C23H35N3O2/c1-3-24-21(25-17-22(12-13-22)14-15-27-2)26-19-16-23(10-6-7-11-23)28-20-9-5-4-8-18(19)20/h4-5,8-9,19H,3,6-7,10-17H2,1-2H3,(H2,24,25,26). The van der Waals surface area contributed by atoms with E-state index in [-0.39, 0.29) is 11.6 Å². The summed E-state index contributed by atoms with van der Waals surface area (Å²) in [6, 6.07) is 8.75. The average Bonchev–Trinajstić information content (AvgIpc) is 3.35. The molecule has 5 heteroatoms. The third kappa shape index (κ3) is 4.29. The van der Waals surface area contributed by atoms with Crippen molar-refractivity contribution in [2.24, 2.45) is 10.4 Å². The van der Waals surface area contributed by atoms with Crippen molar-refractivity contribution in [1.82, 2.24) is 10.6 Å². The Morgan fingerprint density at radius 2 is 2.00 bits per heavy atom. The number of ether oxygens (including phenoxy) is 2. The second kappa shape index (κ2) is 8.32. The fraction of sp³-hybridized carbons (Fsp3) is 0.696. The summed E-state index contributed by atoms with van der Waals surface area (Å²) in [6.45, 7) is 4.70. The molecule has 3 aliphatic rings. The van der Waals surface area contributed by atoms with Gasteiger partial charge < -0.3 is 20.1 Å². The molecule has 0 saturated heterocycles. The van der Waals surface area contributed by atoms with Crippen LogP contribution in [-0.4, -0.2) is 38.4 Å². The summed E-state index contributed by atoms with van der Waals surface area (Å²) < 4.78 is 11.8. The van der Waals surface area contributed by atoms with Crippen LogP contribution in [0.3, 0.4) is 0 Å². The number of para-hydroxylation sites is 1. The van der Waals surface area contributed by atoms with Crippen molar-refractivity contribution >= 4 is 5.96 Å². The summed E-state index contributed by atoms with van der Waals surface area (Å²) in [4.78, 5) is 4.98. The number of aliphatic imine (C=N–C) groups is 1. The Balaban J connectivity index is 1.50. The molecule has 4 rings (SSSR count). The maximum absolute atomic E-state index is 6.51. The van der Waals surface area contributed by atoms with E-state index >= 15 is 0 Å². The van der Waals surface area contributed by atoms with Gasteiger partial charge in [0.2, 0.25) is 0 Å². The maximum atomic E-state index is 6.51. The van der Waals surface area contributed by atoms with E-state index in [1.54, 1.807) is 7.11 Å². The van der Waals surface area contributed by atoms with Gasteiger partial charge in [0.1, 0.15) is 11.4 Å². The van der Waals surface area contributed by atoms with Crippen LogP contribution in [-0.2, 0) is 4.74 Å². The first-order valence-electron chi connectivity index (χ1n) is 11.0. The Morgan fingerprint density at radius 1 is 1.21 bits per heavy atom. The van der Waals surface area contributed by atoms with Gasteiger partial charge in [-0.25, -0.2) is 0 Å². The van der Waals surface area contributed by atoms with Crippen LogP contribution >= 0.6 is 0 Å². The molecule has 28 heavy (non-hydrogen) atoms. The van der Waals surface area contributed by atoms with Gasteiger partial charge >= 0.3 is 0 Å². The number of guanidine groups is 1. The number of fused-ring (bicyclic) bond motifs is 1. The monoisotopic (exact) mass is 385 g/mol. The normalized spacial score (nSPS) is 24.5. The lowest BCUT2D eigenvalue weighted by Crippen LogP contribution is -2.46. The van der Waals surface area contributed by atoms with E-state index in [1.807, 2.05) is 0 Å². The zero-order chi connectivity index (χ0) is 19.5. The lowest BCUT2D eigenvalue weighted by molar-refractivity contribution is 0.0396. The second-order valence-electron chi connectivity index (χ2n) is 8.87. The lowest BCUT2D eigenvalue weighted by Gasteiger charge is -2.40. The van der Waals surface area contributed by atoms with Crippen LogP contribution in [0.15, 0.2) is 29.3 Å². The van der Waals surface area contributed by atoms with Gasteiger partial charge in [-0.15, -0.1) is 0 Å². The van der Waals surface area contributed by atoms with E-state index in [0.717, 1.165) is 57.1 Å². The molecule has 2 aliphatic carbocycles. The molecule has 2 N–H and O–H groups in total. The molecule has 154 valence electrons. The van der Waals surface area contributed by atoms with Crippen molar-refractivity contribution < 1.29 is 9.47 Å². The van der Waals surface area contributed by atoms with Crippen molar-refractivity contribution in [2.75, 3.05) is 26.8 Å². The summed E-state index contributed by atoms with van der Waals surface area (Å²) in [5.74, 6) is 1.98. The first kappa shape index (κ1) is 19.6. The molecule has 2 fully saturated rings. The molecule has 1 unspecified atom stereocenters. The molecule has 2 saturated carbocycles. The third-order valence-electron chi connectivity index (χ3n) is 6.73. The summed E-state index contributed by atoms with van der Waals surface area (Å²) >= 11 is 0. The number of benzene rings is 1. The van der Waals surface area contributed by atoms with Crippen LogP contribution in [0.25, 0.3) is 0 Å². The summed E-state index contributed by atoms with van der Waals surface area (Å²) in [5, 5.41) is 7.21. The van der Waals surface area contributed by atoms with Crippen LogP contribution < -0.4 is 15.4 Å². The van der Waals surface area contributed by atoms with E-state index in [4.69, 9.17) is 14.5 Å². The summed E-state index contributed by atoms with van der Waals surface area (Å²) in [7, 11) is 1.78. The number of nitrogens with one attached hydrogen (secondary N) is 2. The topological polar surface area (TPSA) is 54.9 Å². The van der Waals surface area contributed by atoms with Gasteiger partial charge in [-0.3, -0.25) is 4.99 Å². The van der Waals surface area contributed by atoms with Gasteiger partial charge in [-0.1, -0.05) is 18.2 Å². The molecule has 1 aromatic carbocycles. The predicted octanol–water partition coefficient (Wildman–Crippen LogP) is 4.19. The second-order valence-corrected chi connectivity index (χ2v) is 8.87. The van der Waals surface area contributed by atoms with Crippen molar-refractivity contribution in [3.05, 3.63) is 29.8 Å². The zero-order valence-electron chi connectivity index (χ0n) is 17.4. The molecule has 1 aliphatic heterocycles. The Hall–Kier alpha value is -1.75. The number of rotatable bonds is 7. The van der Waals surface area contributed by atoms with Crippen LogP contribution in [0, 0.1) is 5.41 Å². The lowest BCUT2D eigenvalue weighted by atomic mass is 9.86. The van der Waals surface area contributed by atoms with Gasteiger partial charge in [0, 0.05) is 38.8 Å². The average molecular weight is 386 g/mol. The molecule has 0 aromatic heterocycles. The minimum absolute atomic E-state index is 0.000472. The van der Waals surface area contributed by atoms with Crippen LogP contribution in [0.5, 0.6) is 5.75 Å². The van der Waals surface area contributed by atoms with Crippen molar-refractivity contribution in [1.29, 1.82) is 0 Å². The van der Waals surface area contributed by atoms with E-state index in [9.17, 15) is 0 Å². The van der Waals surface area contributed by atoms with Gasteiger partial charge in [-0.2, -0.15) is 0 Å². The highest BCUT2D eigenvalue weighted by molar-refractivity contribution is 5.80. The van der Waals surface area contributed by atoms with E-state index in [1.165, 1.54) is 31.2 Å². The molecule has 1 aromatic rings. The first-order valence-corrected chi connectivity index (χ1v) is 11.0. The van der Waals surface area contributed by atoms with Crippen molar-refractivity contribution in [3.8, 4) is 5.75 Å². The van der Waals surface area contributed by atoms with Crippen molar-refractivity contribution in [2.45, 2.75) is 69.9 Å². The number of methoxy groups -OCH3 is 1. The van der Waals surface area contributed by atoms with Crippen molar-refractivity contribution in [3.63, 3.8) is 0 Å². The molecule has 1 atom stereocenters. The molecule has 1 spiro atoms. The Bertz CT molecular complexity index is 693. The number of nitrogens with zero attached hydrogens (tertiary/aromatic N) is 1. The Labute approximate surface area is 169 Å². The van der Waals surface area contributed by atoms with E-state index < -0.39 is 0 Å². The van der Waals surface area contributed by atoms with Crippen LogP contribution in [0.2, 0.25) is 0 Å². The number of hydrogen-bond acceptors (Lipinski definition) is 3. The SMILES string of the molecule is CCNC(=NCC1(CCOC)CC1)NC1CC2(CCCC2)Oc2ccccc21. The first-order chi connectivity index (χ1) is 13.7. The van der Waals surface area contributed by atoms with Gasteiger partial charge in [0.25, 0.3) is 0 Å². The van der Waals surface area contributed by atoms with Crippen LogP contribution in [0.4, 0.5) is 0 Å². The molecule has 0 bridgehead atoms. The Morgan fingerprint density at radius 3 is 2.71 bits per heavy atom. The fourth-order valence-electron chi connectivity index (χ4n) is 4.79. The highest BCUT2D eigenvalue weighted by atomic mass is 16.5. The summed E-state index contributed by atoms with van der Waals surface area (Å²) in [5.41, 5.74) is 1.61. The quantitative estimate of drug-likeness (QED) is 0.546. The number of hydrogen-bond donors (Lipinski definition) is 2.